The first kappa shape index (κ1) is 64.0. The zero-order valence-electron chi connectivity index (χ0n) is 37.0. The fraction of sp³-hybridized carbons (Fsp3) is 0.564. The van der Waals surface area contributed by atoms with Gasteiger partial charge in [-0.1, -0.05) is 11.8 Å². The monoisotopic (exact) mass is 1170 g/mol. The molecular weight excluding hydrogens is 1100 g/mol. The van der Waals surface area contributed by atoms with Crippen LogP contribution in [0.5, 0.6) is 0 Å². The summed E-state index contributed by atoms with van der Waals surface area (Å²) in [6, 6.07) is 10.1. The number of likely N-dealkylation sites (tertiary alicyclic amines) is 3. The molecule has 3 fully saturated rings. The van der Waals surface area contributed by atoms with Crippen molar-refractivity contribution >= 4 is 116 Å². The number of nitrogen functional groups attached to an aromatic ring is 1. The Labute approximate surface area is 415 Å². The molecule has 3 aliphatic rings. The van der Waals surface area contributed by atoms with Gasteiger partial charge in [-0.15, -0.1) is 23.5 Å². The summed E-state index contributed by atoms with van der Waals surface area (Å²) < 4.78 is 5.14. The third kappa shape index (κ3) is 31.8. The van der Waals surface area contributed by atoms with Crippen molar-refractivity contribution in [3.63, 3.8) is 0 Å². The first-order valence-electron chi connectivity index (χ1n) is 19.7. The van der Waals surface area contributed by atoms with Crippen LogP contribution in [0.1, 0.15) is 59.3 Å². The Morgan fingerprint density at radius 1 is 0.734 bits per heavy atom. The maximum absolute atomic E-state index is 10.7. The van der Waals surface area contributed by atoms with E-state index >= 15 is 0 Å². The Morgan fingerprint density at radius 2 is 1.11 bits per heavy atom. The van der Waals surface area contributed by atoms with Gasteiger partial charge in [0.15, 0.2) is 17.5 Å². The van der Waals surface area contributed by atoms with Gasteiger partial charge in [-0.05, 0) is 166 Å². The van der Waals surface area contributed by atoms with Crippen LogP contribution in [0.25, 0.3) is 0 Å². The number of aromatic nitrogens is 3. The van der Waals surface area contributed by atoms with E-state index in [2.05, 4.69) is 77.5 Å². The molecule has 0 unspecified atom stereocenters. The molecule has 0 bridgehead atoms. The SMILES string of the molecule is CC(=O)SC1CCN(C)CC1.CCOC(C)=O.CN1CCC(Sc2ccc(N)nc2)CC1.CN1CCC(Sc2ccc([N+](=O)[O-])nc2)CC1.O.O.O=[N+]([O-])c1ccc(Br)cn1.[Cl][Sn][Cl]. The molecule has 3 aliphatic heterocycles. The molecule has 18 nitrogen and oxygen atoms in total. The van der Waals surface area contributed by atoms with Crippen LogP contribution in [-0.4, -0.2) is 163 Å². The molecule has 360 valence electrons. The Morgan fingerprint density at radius 3 is 1.39 bits per heavy atom. The van der Waals surface area contributed by atoms with Gasteiger partial charge in [0.2, 0.25) is 0 Å². The zero-order chi connectivity index (χ0) is 46.5. The first-order chi connectivity index (χ1) is 29.4. The number of anilines is 1. The van der Waals surface area contributed by atoms with E-state index in [1.165, 1.54) is 80.7 Å². The van der Waals surface area contributed by atoms with Crippen molar-refractivity contribution in [1.82, 2.24) is 29.7 Å². The summed E-state index contributed by atoms with van der Waals surface area (Å²) in [5.74, 6) is 0.168. The molecule has 3 saturated heterocycles. The molecular formula is C39H62BrCl2N9O9S3Sn. The molecule has 0 amide bonds. The van der Waals surface area contributed by atoms with Crippen molar-refractivity contribution in [2.24, 2.45) is 0 Å². The molecule has 0 aliphatic carbocycles. The average molecular weight is 1170 g/mol. The Kier molecular flexibility index (Phi) is 37.9. The van der Waals surface area contributed by atoms with Crippen LogP contribution >= 0.6 is 69.1 Å². The number of hydrogen-bond donors (Lipinski definition) is 1. The predicted octanol–water partition coefficient (Wildman–Crippen LogP) is 7.06. The van der Waals surface area contributed by atoms with Crippen LogP contribution in [0.2, 0.25) is 0 Å². The number of pyridine rings is 3. The maximum atomic E-state index is 10.7. The summed E-state index contributed by atoms with van der Waals surface area (Å²) in [6.45, 7) is 12.3. The second-order valence-electron chi connectivity index (χ2n) is 14.0. The predicted molar refractivity (Wildman–Crippen MR) is 267 cm³/mol. The number of hydrogen-bond acceptors (Lipinski definition) is 17. The van der Waals surface area contributed by atoms with Crippen LogP contribution in [0.4, 0.5) is 17.5 Å². The number of piperidine rings is 3. The number of esters is 1. The number of ether oxygens (including phenoxy) is 1. The van der Waals surface area contributed by atoms with Gasteiger partial charge < -0.3 is 56.4 Å². The molecule has 6 rings (SSSR count). The fourth-order valence-electron chi connectivity index (χ4n) is 5.62. The standard InChI is InChI=1S/C11H15N3O2S.C11H17N3S.C8H15NOS.C5H3BrN2O2.C4H8O2.2ClH.2H2O.Sn/c1-13-6-4-9(5-7-13)17-10-2-3-11(12-8-10)14(15)16;1-14-6-4-9(5-7-14)15-10-2-3-11(12)13-8-10;1-7(10)11-8-3-5-9(2)6-4-8;6-4-1-2-5(7-3-4)8(9)10;1-3-6-4(2)5;;;;;/h2-3,8-9H,4-7H2,1H3;2-3,8-9H,4-7H2,1H3,(H2,12,13);8H,3-6H2,1-2H3;1-3H;3H2,1-2H3;2*1H;2*1H2;/q;;;;;;;;;+2/p-2. The number of nitro groups is 2. The van der Waals surface area contributed by atoms with Crippen LogP contribution in [-0.2, 0) is 14.3 Å². The molecule has 3 aromatic rings. The fourth-order valence-corrected chi connectivity index (χ4v) is 8.95. The van der Waals surface area contributed by atoms with Gasteiger partial charge in [-0.25, -0.2) is 4.98 Å². The molecule has 0 spiro atoms. The molecule has 6 N–H and O–H groups in total. The van der Waals surface area contributed by atoms with E-state index < -0.39 is 28.7 Å². The third-order valence-corrected chi connectivity index (χ3v) is 13.1. The summed E-state index contributed by atoms with van der Waals surface area (Å²) >= 11 is 7.50. The zero-order valence-corrected chi connectivity index (χ0v) is 45.4. The minimum atomic E-state index is -0.826. The van der Waals surface area contributed by atoms with Crippen molar-refractivity contribution in [3.05, 3.63) is 79.7 Å². The van der Waals surface area contributed by atoms with Crippen molar-refractivity contribution < 1.29 is 35.1 Å². The topological polar surface area (TPSA) is 267 Å². The summed E-state index contributed by atoms with van der Waals surface area (Å²) in [6.07, 6.45) is 12.1. The molecule has 25 heteroatoms. The third-order valence-electron chi connectivity index (χ3n) is 8.85. The van der Waals surface area contributed by atoms with Crippen LogP contribution in [0.3, 0.4) is 0 Å². The summed E-state index contributed by atoms with van der Waals surface area (Å²) in [7, 11) is 16.3. The van der Waals surface area contributed by atoms with Gasteiger partial charge in [0.25, 0.3) is 0 Å². The summed E-state index contributed by atoms with van der Waals surface area (Å²) in [5.41, 5.74) is 5.55. The minimum absolute atomic E-state index is 0. The van der Waals surface area contributed by atoms with Gasteiger partial charge in [-0.3, -0.25) is 9.59 Å². The first-order valence-corrected chi connectivity index (χ1v) is 30.4. The molecule has 2 radical (unpaired) electrons. The Balaban J connectivity index is 0. The summed E-state index contributed by atoms with van der Waals surface area (Å²) in [5, 5.41) is 22.7. The van der Waals surface area contributed by atoms with Crippen molar-refractivity contribution in [3.8, 4) is 0 Å². The number of halogens is 3. The number of thioether (sulfide) groups is 3. The number of rotatable bonds is 8. The molecule has 64 heavy (non-hydrogen) atoms. The van der Waals surface area contributed by atoms with Crippen molar-refractivity contribution in [2.75, 3.05) is 72.8 Å². The molecule has 6 heterocycles. The number of nitrogens with zero attached hydrogens (tertiary/aromatic N) is 8. The Hall–Kier alpha value is -2.10. The van der Waals surface area contributed by atoms with Crippen LogP contribution < -0.4 is 5.73 Å². The van der Waals surface area contributed by atoms with Crippen molar-refractivity contribution in [2.45, 2.75) is 84.8 Å². The summed E-state index contributed by atoms with van der Waals surface area (Å²) in [4.78, 5) is 60.8. The normalized spacial score (nSPS) is 15.6. The number of carbonyl (C=O) groups excluding carboxylic acids is 2. The van der Waals surface area contributed by atoms with Gasteiger partial charge in [0, 0.05) is 52.8 Å². The molecule has 0 saturated carbocycles. The van der Waals surface area contributed by atoms with Gasteiger partial charge in [0.1, 0.15) is 5.82 Å². The second kappa shape index (κ2) is 37.9. The molecule has 3 aromatic heterocycles. The van der Waals surface area contributed by atoms with Crippen molar-refractivity contribution in [1.29, 1.82) is 0 Å². The average Bonchev–Trinajstić information content (AvgIpc) is 3.23. The van der Waals surface area contributed by atoms with E-state index in [-0.39, 0.29) is 33.7 Å². The number of nitrogens with two attached hydrogens (primary N) is 1. The Bertz CT molecular complexity index is 1720. The quantitative estimate of drug-likeness (QED) is 0.102. The van der Waals surface area contributed by atoms with Gasteiger partial charge in [0.05, 0.1) is 16.0 Å². The van der Waals surface area contributed by atoms with E-state index in [1.54, 1.807) is 43.9 Å². The van der Waals surface area contributed by atoms with Gasteiger partial charge in [-0.2, -0.15) is 0 Å². The molecule has 0 aromatic carbocycles. The van der Waals surface area contributed by atoms with E-state index in [0.29, 0.717) is 22.9 Å². The van der Waals surface area contributed by atoms with Crippen LogP contribution in [0.15, 0.2) is 69.3 Å². The molecule has 0 atom stereocenters. The van der Waals surface area contributed by atoms with E-state index in [4.69, 9.17) is 23.6 Å². The second-order valence-corrected chi connectivity index (χ2v) is 23.4. The van der Waals surface area contributed by atoms with E-state index in [1.807, 2.05) is 24.0 Å². The van der Waals surface area contributed by atoms with E-state index in [0.717, 1.165) is 53.6 Å². The number of carbonyl (C=O) groups is 2. The van der Waals surface area contributed by atoms with E-state index in [9.17, 15) is 29.8 Å². The van der Waals surface area contributed by atoms with Crippen LogP contribution in [0, 0.1) is 20.2 Å². The van der Waals surface area contributed by atoms with Gasteiger partial charge >= 0.3 is 54.3 Å².